The van der Waals surface area contributed by atoms with Crippen LogP contribution in [0.2, 0.25) is 0 Å². The highest BCUT2D eigenvalue weighted by Crippen LogP contribution is 2.26. The van der Waals surface area contributed by atoms with Crippen molar-refractivity contribution in [1.82, 2.24) is 4.90 Å². The van der Waals surface area contributed by atoms with E-state index < -0.39 is 12.0 Å². The second-order valence-corrected chi connectivity index (χ2v) is 4.65. The standard InChI is InChI=1S/C14H19NO3/c1-10(14(16)17)15-8-6-11-4-3-5-13(18-2)12(11)7-9-15/h3-5,10H,6-9H2,1-2H3,(H,16,17). The molecule has 1 aromatic rings. The minimum absolute atomic E-state index is 0.426. The number of hydrogen-bond donors (Lipinski definition) is 1. The summed E-state index contributed by atoms with van der Waals surface area (Å²) in [7, 11) is 1.68. The average molecular weight is 249 g/mol. The molecular weight excluding hydrogens is 230 g/mol. The Kier molecular flexibility index (Phi) is 3.87. The van der Waals surface area contributed by atoms with Gasteiger partial charge in [-0.3, -0.25) is 9.69 Å². The molecule has 4 nitrogen and oxygen atoms in total. The summed E-state index contributed by atoms with van der Waals surface area (Å²) in [4.78, 5) is 13.1. The van der Waals surface area contributed by atoms with Crippen molar-refractivity contribution < 1.29 is 14.6 Å². The third-order valence-corrected chi connectivity index (χ3v) is 3.67. The van der Waals surface area contributed by atoms with Gasteiger partial charge in [0.05, 0.1) is 7.11 Å². The first kappa shape index (κ1) is 12.9. The Morgan fingerprint density at radius 3 is 2.78 bits per heavy atom. The number of rotatable bonds is 3. The van der Waals surface area contributed by atoms with Crippen molar-refractivity contribution in [1.29, 1.82) is 0 Å². The molecule has 0 saturated carbocycles. The van der Waals surface area contributed by atoms with Crippen LogP contribution in [0.15, 0.2) is 18.2 Å². The van der Waals surface area contributed by atoms with Gasteiger partial charge in [0.2, 0.25) is 0 Å². The Balaban J connectivity index is 2.19. The van der Waals surface area contributed by atoms with E-state index in [0.717, 1.165) is 31.7 Å². The highest BCUT2D eigenvalue weighted by atomic mass is 16.5. The van der Waals surface area contributed by atoms with Gasteiger partial charge >= 0.3 is 5.97 Å². The molecule has 0 aliphatic carbocycles. The number of benzene rings is 1. The average Bonchev–Trinajstić information content (AvgIpc) is 2.59. The van der Waals surface area contributed by atoms with Gasteiger partial charge < -0.3 is 9.84 Å². The van der Waals surface area contributed by atoms with Crippen LogP contribution in [0.5, 0.6) is 5.75 Å². The lowest BCUT2D eigenvalue weighted by atomic mass is 10.0. The van der Waals surface area contributed by atoms with Crippen molar-refractivity contribution in [2.75, 3.05) is 20.2 Å². The van der Waals surface area contributed by atoms with E-state index in [2.05, 4.69) is 6.07 Å². The topological polar surface area (TPSA) is 49.8 Å². The third-order valence-electron chi connectivity index (χ3n) is 3.67. The number of carbonyl (C=O) groups is 1. The highest BCUT2D eigenvalue weighted by Gasteiger charge is 2.24. The number of carboxylic acid groups (broad SMARTS) is 1. The van der Waals surface area contributed by atoms with Crippen molar-refractivity contribution in [3.8, 4) is 5.75 Å². The summed E-state index contributed by atoms with van der Waals surface area (Å²) in [5, 5.41) is 9.08. The number of hydrogen-bond acceptors (Lipinski definition) is 3. The van der Waals surface area contributed by atoms with E-state index in [-0.39, 0.29) is 0 Å². The van der Waals surface area contributed by atoms with Gasteiger partial charge in [-0.25, -0.2) is 0 Å². The summed E-state index contributed by atoms with van der Waals surface area (Å²) in [6.07, 6.45) is 1.72. The predicted molar refractivity (Wildman–Crippen MR) is 69.1 cm³/mol. The van der Waals surface area contributed by atoms with Crippen molar-refractivity contribution in [3.63, 3.8) is 0 Å². The molecule has 1 aliphatic rings. The number of fused-ring (bicyclic) bond motifs is 1. The molecule has 0 fully saturated rings. The molecule has 0 spiro atoms. The van der Waals surface area contributed by atoms with E-state index in [0.29, 0.717) is 0 Å². The van der Waals surface area contributed by atoms with Crippen molar-refractivity contribution in [2.24, 2.45) is 0 Å². The summed E-state index contributed by atoms with van der Waals surface area (Å²) in [6, 6.07) is 5.64. The number of methoxy groups -OCH3 is 1. The Morgan fingerprint density at radius 2 is 2.11 bits per heavy atom. The molecule has 2 rings (SSSR count). The van der Waals surface area contributed by atoms with Crippen LogP contribution in [-0.4, -0.2) is 42.2 Å². The first-order valence-corrected chi connectivity index (χ1v) is 6.25. The van der Waals surface area contributed by atoms with E-state index >= 15 is 0 Å². The lowest BCUT2D eigenvalue weighted by Crippen LogP contribution is -2.40. The predicted octanol–water partition coefficient (Wildman–Crippen LogP) is 1.57. The second kappa shape index (κ2) is 5.40. The molecule has 4 heteroatoms. The Labute approximate surface area is 107 Å². The molecule has 1 aromatic carbocycles. The molecule has 0 radical (unpaired) electrons. The fraction of sp³-hybridized carbons (Fsp3) is 0.500. The third kappa shape index (κ3) is 2.48. The van der Waals surface area contributed by atoms with E-state index in [1.165, 1.54) is 11.1 Å². The van der Waals surface area contributed by atoms with Crippen LogP contribution < -0.4 is 4.74 Å². The largest absolute Gasteiger partial charge is 0.496 e. The number of ether oxygens (including phenoxy) is 1. The zero-order valence-corrected chi connectivity index (χ0v) is 10.8. The van der Waals surface area contributed by atoms with Crippen LogP contribution >= 0.6 is 0 Å². The lowest BCUT2D eigenvalue weighted by Gasteiger charge is -2.23. The summed E-state index contributed by atoms with van der Waals surface area (Å²) in [6.45, 7) is 3.30. The first-order chi connectivity index (χ1) is 8.63. The normalized spacial score (nSPS) is 17.7. The molecule has 0 bridgehead atoms. The minimum Gasteiger partial charge on any atom is -0.496 e. The van der Waals surface area contributed by atoms with Crippen LogP contribution in [0.1, 0.15) is 18.1 Å². The summed E-state index contributed by atoms with van der Waals surface area (Å²) in [5.74, 6) is 0.158. The smallest absolute Gasteiger partial charge is 0.320 e. The van der Waals surface area contributed by atoms with Crippen LogP contribution in [0.4, 0.5) is 0 Å². The molecule has 1 aliphatic heterocycles. The first-order valence-electron chi connectivity index (χ1n) is 6.25. The lowest BCUT2D eigenvalue weighted by molar-refractivity contribution is -0.142. The molecule has 1 unspecified atom stereocenters. The minimum atomic E-state index is -0.757. The quantitative estimate of drug-likeness (QED) is 0.883. The van der Waals surface area contributed by atoms with E-state index in [4.69, 9.17) is 9.84 Å². The summed E-state index contributed by atoms with van der Waals surface area (Å²) < 4.78 is 5.38. The summed E-state index contributed by atoms with van der Waals surface area (Å²) >= 11 is 0. The van der Waals surface area contributed by atoms with Gasteiger partial charge in [0.15, 0.2) is 0 Å². The fourth-order valence-corrected chi connectivity index (χ4v) is 2.50. The van der Waals surface area contributed by atoms with Gasteiger partial charge in [-0.15, -0.1) is 0 Å². The van der Waals surface area contributed by atoms with Crippen molar-refractivity contribution in [3.05, 3.63) is 29.3 Å². The van der Waals surface area contributed by atoms with Gasteiger partial charge in [0.1, 0.15) is 11.8 Å². The highest BCUT2D eigenvalue weighted by molar-refractivity contribution is 5.72. The number of nitrogens with zero attached hydrogens (tertiary/aromatic N) is 1. The van der Waals surface area contributed by atoms with Crippen LogP contribution in [0.3, 0.4) is 0 Å². The van der Waals surface area contributed by atoms with E-state index in [1.807, 2.05) is 17.0 Å². The molecule has 1 atom stereocenters. The second-order valence-electron chi connectivity index (χ2n) is 4.65. The molecular formula is C14H19NO3. The van der Waals surface area contributed by atoms with E-state index in [9.17, 15) is 4.79 Å². The molecule has 0 amide bonds. The zero-order chi connectivity index (χ0) is 13.1. The number of aliphatic carboxylic acids is 1. The molecule has 1 N–H and O–H groups in total. The SMILES string of the molecule is COc1cccc2c1CCN(C(C)C(=O)O)CC2. The van der Waals surface area contributed by atoms with Gasteiger partial charge in [-0.1, -0.05) is 12.1 Å². The molecule has 0 saturated heterocycles. The van der Waals surface area contributed by atoms with Gasteiger partial charge in [-0.05, 0) is 37.0 Å². The molecule has 1 heterocycles. The van der Waals surface area contributed by atoms with Crippen molar-refractivity contribution in [2.45, 2.75) is 25.8 Å². The molecule has 18 heavy (non-hydrogen) atoms. The van der Waals surface area contributed by atoms with Crippen LogP contribution in [0, 0.1) is 0 Å². The Hall–Kier alpha value is -1.55. The van der Waals surface area contributed by atoms with Crippen LogP contribution in [-0.2, 0) is 17.6 Å². The molecule has 0 aromatic heterocycles. The zero-order valence-electron chi connectivity index (χ0n) is 10.8. The van der Waals surface area contributed by atoms with Gasteiger partial charge in [-0.2, -0.15) is 0 Å². The van der Waals surface area contributed by atoms with Gasteiger partial charge in [0, 0.05) is 13.1 Å². The maximum atomic E-state index is 11.0. The maximum Gasteiger partial charge on any atom is 0.320 e. The Morgan fingerprint density at radius 1 is 1.39 bits per heavy atom. The molecule has 98 valence electrons. The fourth-order valence-electron chi connectivity index (χ4n) is 2.50. The summed E-state index contributed by atoms with van der Waals surface area (Å²) in [5.41, 5.74) is 2.49. The Bertz CT molecular complexity index is 445. The van der Waals surface area contributed by atoms with Gasteiger partial charge in [0.25, 0.3) is 0 Å². The van der Waals surface area contributed by atoms with Crippen LogP contribution in [0.25, 0.3) is 0 Å². The van der Waals surface area contributed by atoms with E-state index in [1.54, 1.807) is 14.0 Å². The monoisotopic (exact) mass is 249 g/mol. The maximum absolute atomic E-state index is 11.0. The van der Waals surface area contributed by atoms with Crippen molar-refractivity contribution >= 4 is 5.97 Å². The number of carboxylic acids is 1.